The summed E-state index contributed by atoms with van der Waals surface area (Å²) in [7, 11) is 0. The lowest BCUT2D eigenvalue weighted by Gasteiger charge is -2.08. The van der Waals surface area contributed by atoms with E-state index in [1.165, 1.54) is 6.07 Å². The minimum atomic E-state index is -0.360. The van der Waals surface area contributed by atoms with Gasteiger partial charge in [0.15, 0.2) is 0 Å². The molecule has 0 saturated carbocycles. The number of aromatic nitrogens is 2. The molecule has 5 heteroatoms. The highest BCUT2D eigenvalue weighted by Crippen LogP contribution is 2.30. The summed E-state index contributed by atoms with van der Waals surface area (Å²) in [4.78, 5) is 8.28. The molecule has 0 aliphatic carbocycles. The average molecular weight is 300 g/mol. The Morgan fingerprint density at radius 1 is 0.857 bits per heavy atom. The quantitative estimate of drug-likeness (QED) is 0.772. The van der Waals surface area contributed by atoms with Crippen LogP contribution in [0.5, 0.6) is 0 Å². The summed E-state index contributed by atoms with van der Waals surface area (Å²) in [5, 5.41) is 0.551. The van der Waals surface area contributed by atoms with E-state index in [1.54, 1.807) is 30.3 Å². The largest absolute Gasteiger partial charge is 0.368 e. The second-order valence-electron chi connectivity index (χ2n) is 4.46. The van der Waals surface area contributed by atoms with E-state index < -0.39 is 0 Å². The number of nitrogens with two attached hydrogens (primary N) is 1. The van der Waals surface area contributed by atoms with Gasteiger partial charge in [-0.15, -0.1) is 0 Å². The first kappa shape index (κ1) is 13.5. The topological polar surface area (TPSA) is 51.8 Å². The normalized spacial score (nSPS) is 10.6. The first-order valence-corrected chi connectivity index (χ1v) is 6.67. The molecule has 0 saturated heterocycles. The molecule has 0 unspecified atom stereocenters. The maximum atomic E-state index is 13.9. The number of hydrogen-bond donors (Lipinski definition) is 1. The Bertz CT molecular complexity index is 741. The van der Waals surface area contributed by atoms with E-state index in [9.17, 15) is 4.39 Å². The Kier molecular flexibility index (Phi) is 3.54. The van der Waals surface area contributed by atoms with Crippen molar-refractivity contribution >= 4 is 17.5 Å². The van der Waals surface area contributed by atoms with E-state index in [4.69, 9.17) is 17.3 Å². The first-order valence-electron chi connectivity index (χ1n) is 6.29. The van der Waals surface area contributed by atoms with Gasteiger partial charge in [0.25, 0.3) is 0 Å². The van der Waals surface area contributed by atoms with Crippen LogP contribution >= 0.6 is 11.6 Å². The molecule has 1 aromatic heterocycles. The number of halogens is 2. The number of nitrogens with zero attached hydrogens (tertiary/aromatic N) is 2. The Balaban J connectivity index is 2.18. The van der Waals surface area contributed by atoms with Crippen molar-refractivity contribution in [2.45, 2.75) is 0 Å². The molecule has 3 rings (SSSR count). The van der Waals surface area contributed by atoms with E-state index in [-0.39, 0.29) is 11.8 Å². The van der Waals surface area contributed by atoms with Crippen LogP contribution in [0, 0.1) is 5.82 Å². The molecule has 104 valence electrons. The van der Waals surface area contributed by atoms with E-state index in [2.05, 4.69) is 9.97 Å². The van der Waals surface area contributed by atoms with E-state index in [0.29, 0.717) is 22.0 Å². The van der Waals surface area contributed by atoms with Crippen LogP contribution in [0.15, 0.2) is 54.6 Å². The van der Waals surface area contributed by atoms with Crippen LogP contribution in [0.4, 0.5) is 10.3 Å². The highest BCUT2D eigenvalue weighted by atomic mass is 35.5. The first-order chi connectivity index (χ1) is 10.1. The summed E-state index contributed by atoms with van der Waals surface area (Å²) in [5.74, 6) is -0.286. The van der Waals surface area contributed by atoms with Crippen molar-refractivity contribution in [3.05, 3.63) is 65.4 Å². The molecule has 0 amide bonds. The SMILES string of the molecule is Nc1nc(-c2ccccc2F)cc(-c2ccccc2Cl)n1. The Morgan fingerprint density at radius 2 is 1.43 bits per heavy atom. The maximum absolute atomic E-state index is 13.9. The summed E-state index contributed by atoms with van der Waals surface area (Å²) in [6, 6.07) is 15.3. The highest BCUT2D eigenvalue weighted by molar-refractivity contribution is 6.33. The summed E-state index contributed by atoms with van der Waals surface area (Å²) in [5.41, 5.74) is 7.84. The van der Waals surface area contributed by atoms with Crippen LogP contribution in [0.25, 0.3) is 22.5 Å². The summed E-state index contributed by atoms with van der Waals surface area (Å²) in [6.45, 7) is 0. The second kappa shape index (κ2) is 5.50. The fourth-order valence-electron chi connectivity index (χ4n) is 2.08. The van der Waals surface area contributed by atoms with Crippen molar-refractivity contribution in [3.8, 4) is 22.5 Å². The van der Waals surface area contributed by atoms with Crippen molar-refractivity contribution in [2.24, 2.45) is 0 Å². The number of nitrogen functional groups attached to an aromatic ring is 1. The molecule has 0 radical (unpaired) electrons. The van der Waals surface area contributed by atoms with E-state index in [0.717, 1.165) is 5.56 Å². The van der Waals surface area contributed by atoms with Gasteiger partial charge in [-0.1, -0.05) is 41.9 Å². The van der Waals surface area contributed by atoms with Crippen molar-refractivity contribution < 1.29 is 4.39 Å². The molecule has 1 heterocycles. The third kappa shape index (κ3) is 2.71. The maximum Gasteiger partial charge on any atom is 0.221 e. The average Bonchev–Trinajstić information content (AvgIpc) is 2.47. The van der Waals surface area contributed by atoms with Crippen molar-refractivity contribution in [1.29, 1.82) is 0 Å². The standard InChI is InChI=1S/C16H11ClFN3/c17-12-7-3-1-5-10(12)14-9-15(21-16(19)20-14)11-6-2-4-8-13(11)18/h1-9H,(H2,19,20,21). The Morgan fingerprint density at radius 3 is 2.10 bits per heavy atom. The van der Waals surface area contributed by atoms with Gasteiger partial charge in [-0.3, -0.25) is 0 Å². The van der Waals surface area contributed by atoms with Crippen molar-refractivity contribution in [3.63, 3.8) is 0 Å². The molecule has 0 bridgehead atoms. The minimum Gasteiger partial charge on any atom is -0.368 e. The fourth-order valence-corrected chi connectivity index (χ4v) is 2.31. The van der Waals surface area contributed by atoms with Gasteiger partial charge in [0.05, 0.1) is 11.4 Å². The van der Waals surface area contributed by atoms with Gasteiger partial charge in [0.2, 0.25) is 5.95 Å². The van der Waals surface area contributed by atoms with Crippen LogP contribution in [-0.2, 0) is 0 Å². The molecule has 3 nitrogen and oxygen atoms in total. The Hall–Kier alpha value is -2.46. The zero-order valence-corrected chi connectivity index (χ0v) is 11.7. The molecule has 0 fully saturated rings. The van der Waals surface area contributed by atoms with Crippen molar-refractivity contribution in [1.82, 2.24) is 9.97 Å². The molecule has 21 heavy (non-hydrogen) atoms. The zero-order valence-electron chi connectivity index (χ0n) is 10.9. The smallest absolute Gasteiger partial charge is 0.221 e. The molecule has 2 N–H and O–H groups in total. The predicted octanol–water partition coefficient (Wildman–Crippen LogP) is 4.19. The van der Waals surface area contributed by atoms with Crippen LogP contribution in [0.2, 0.25) is 5.02 Å². The summed E-state index contributed by atoms with van der Waals surface area (Å²) >= 11 is 6.17. The summed E-state index contributed by atoms with van der Waals surface area (Å²) < 4.78 is 13.9. The van der Waals surface area contributed by atoms with Gasteiger partial charge in [-0.05, 0) is 24.3 Å². The summed E-state index contributed by atoms with van der Waals surface area (Å²) in [6.07, 6.45) is 0. The Labute approximate surface area is 126 Å². The van der Waals surface area contributed by atoms with Gasteiger partial charge in [0.1, 0.15) is 5.82 Å². The third-order valence-corrected chi connectivity index (χ3v) is 3.37. The van der Waals surface area contributed by atoms with Crippen LogP contribution in [0.3, 0.4) is 0 Å². The van der Waals surface area contributed by atoms with Gasteiger partial charge >= 0.3 is 0 Å². The number of hydrogen-bond acceptors (Lipinski definition) is 3. The molecule has 2 aromatic carbocycles. The van der Waals surface area contributed by atoms with Crippen molar-refractivity contribution in [2.75, 3.05) is 5.73 Å². The molecular weight excluding hydrogens is 289 g/mol. The van der Waals surface area contributed by atoms with Crippen LogP contribution < -0.4 is 5.73 Å². The number of benzene rings is 2. The number of anilines is 1. The lowest BCUT2D eigenvalue weighted by Crippen LogP contribution is -1.99. The molecule has 0 aliphatic rings. The monoisotopic (exact) mass is 299 g/mol. The lowest BCUT2D eigenvalue weighted by atomic mass is 10.1. The van der Waals surface area contributed by atoms with Crippen LogP contribution in [-0.4, -0.2) is 9.97 Å². The zero-order chi connectivity index (χ0) is 14.8. The number of rotatable bonds is 2. The molecular formula is C16H11ClFN3. The molecule has 3 aromatic rings. The van der Waals surface area contributed by atoms with Gasteiger partial charge in [-0.25, -0.2) is 14.4 Å². The highest BCUT2D eigenvalue weighted by Gasteiger charge is 2.11. The molecule has 0 atom stereocenters. The van der Waals surface area contributed by atoms with Gasteiger partial charge in [0, 0.05) is 16.1 Å². The second-order valence-corrected chi connectivity index (χ2v) is 4.86. The van der Waals surface area contributed by atoms with Gasteiger partial charge in [-0.2, -0.15) is 0 Å². The van der Waals surface area contributed by atoms with E-state index in [1.807, 2.05) is 18.2 Å². The predicted molar refractivity (Wildman–Crippen MR) is 82.3 cm³/mol. The minimum absolute atomic E-state index is 0.0747. The molecule has 0 aliphatic heterocycles. The fraction of sp³-hybridized carbons (Fsp3) is 0. The van der Waals surface area contributed by atoms with E-state index >= 15 is 0 Å². The lowest BCUT2D eigenvalue weighted by molar-refractivity contribution is 0.630. The van der Waals surface area contributed by atoms with Gasteiger partial charge < -0.3 is 5.73 Å². The van der Waals surface area contributed by atoms with Crippen LogP contribution in [0.1, 0.15) is 0 Å². The third-order valence-electron chi connectivity index (χ3n) is 3.04. The molecule has 0 spiro atoms.